The van der Waals surface area contributed by atoms with Crippen LogP contribution in [-0.2, 0) is 19.0 Å². The second kappa shape index (κ2) is 5.90. The van der Waals surface area contributed by atoms with Gasteiger partial charge in [0.2, 0.25) is 5.91 Å². The Hall–Kier alpha value is -0.650. The standard InChI is InChI=1S/C8H15NO4/c1-11-2-3-12-6-8(10)9-7-4-13-5-7/h7H,2-6H2,1H3,(H,9,10). The third kappa shape index (κ3) is 4.21. The fourth-order valence-corrected chi connectivity index (χ4v) is 0.895. The van der Waals surface area contributed by atoms with E-state index in [-0.39, 0.29) is 18.6 Å². The monoisotopic (exact) mass is 189 g/mol. The summed E-state index contributed by atoms with van der Waals surface area (Å²) in [5, 5.41) is 2.76. The largest absolute Gasteiger partial charge is 0.382 e. The van der Waals surface area contributed by atoms with Crippen molar-refractivity contribution in [3.63, 3.8) is 0 Å². The van der Waals surface area contributed by atoms with Gasteiger partial charge in [-0.3, -0.25) is 4.79 Å². The molecule has 13 heavy (non-hydrogen) atoms. The molecule has 0 aliphatic carbocycles. The highest BCUT2D eigenvalue weighted by Crippen LogP contribution is 1.98. The van der Waals surface area contributed by atoms with Crippen LogP contribution in [0.3, 0.4) is 0 Å². The Morgan fingerprint density at radius 1 is 1.54 bits per heavy atom. The average Bonchev–Trinajstić information content (AvgIpc) is 2.06. The van der Waals surface area contributed by atoms with Crippen molar-refractivity contribution in [3.05, 3.63) is 0 Å². The molecule has 0 aromatic heterocycles. The molecule has 0 radical (unpaired) electrons. The van der Waals surface area contributed by atoms with Gasteiger partial charge in [-0.25, -0.2) is 0 Å². The van der Waals surface area contributed by atoms with Gasteiger partial charge in [0.05, 0.1) is 32.5 Å². The Balaban J connectivity index is 1.91. The normalized spacial score (nSPS) is 16.7. The van der Waals surface area contributed by atoms with Crippen LogP contribution in [0.25, 0.3) is 0 Å². The zero-order valence-corrected chi connectivity index (χ0v) is 7.75. The topological polar surface area (TPSA) is 56.8 Å². The Labute approximate surface area is 77.3 Å². The predicted octanol–water partition coefficient (Wildman–Crippen LogP) is -0.836. The van der Waals surface area contributed by atoms with Crippen LogP contribution in [0.15, 0.2) is 0 Å². The van der Waals surface area contributed by atoms with Gasteiger partial charge in [0.15, 0.2) is 0 Å². The van der Waals surface area contributed by atoms with Crippen molar-refractivity contribution in [3.8, 4) is 0 Å². The molecule has 5 nitrogen and oxygen atoms in total. The van der Waals surface area contributed by atoms with Gasteiger partial charge >= 0.3 is 0 Å². The maximum absolute atomic E-state index is 11.1. The van der Waals surface area contributed by atoms with Crippen LogP contribution in [0, 0.1) is 0 Å². The second-order valence-electron chi connectivity index (χ2n) is 2.85. The molecule has 76 valence electrons. The molecule has 0 aromatic carbocycles. The zero-order chi connectivity index (χ0) is 9.52. The van der Waals surface area contributed by atoms with Gasteiger partial charge in [-0.2, -0.15) is 0 Å². The summed E-state index contributed by atoms with van der Waals surface area (Å²) in [6.45, 7) is 2.29. The van der Waals surface area contributed by atoms with Crippen molar-refractivity contribution in [1.29, 1.82) is 0 Å². The van der Waals surface area contributed by atoms with Gasteiger partial charge in [0, 0.05) is 7.11 Å². The molecule has 1 aliphatic heterocycles. The van der Waals surface area contributed by atoms with E-state index in [9.17, 15) is 4.79 Å². The first-order valence-corrected chi connectivity index (χ1v) is 4.26. The summed E-state index contributed by atoms with van der Waals surface area (Å²) in [4.78, 5) is 11.1. The van der Waals surface area contributed by atoms with E-state index in [1.807, 2.05) is 0 Å². The first-order valence-electron chi connectivity index (χ1n) is 4.26. The summed E-state index contributed by atoms with van der Waals surface area (Å²) in [5.41, 5.74) is 0. The highest BCUT2D eigenvalue weighted by atomic mass is 16.5. The lowest BCUT2D eigenvalue weighted by atomic mass is 10.2. The number of amides is 1. The van der Waals surface area contributed by atoms with Gasteiger partial charge in [-0.05, 0) is 0 Å². The van der Waals surface area contributed by atoms with Gasteiger partial charge < -0.3 is 19.5 Å². The lowest BCUT2D eigenvalue weighted by molar-refractivity contribution is -0.130. The number of hydrogen-bond donors (Lipinski definition) is 1. The lowest BCUT2D eigenvalue weighted by Gasteiger charge is -2.26. The first kappa shape index (κ1) is 10.4. The van der Waals surface area contributed by atoms with Crippen molar-refractivity contribution < 1.29 is 19.0 Å². The molecule has 1 aliphatic rings. The predicted molar refractivity (Wildman–Crippen MR) is 45.4 cm³/mol. The molecule has 0 unspecified atom stereocenters. The molecule has 1 amide bonds. The minimum atomic E-state index is -0.0931. The van der Waals surface area contributed by atoms with E-state index < -0.39 is 0 Å². The third-order valence-electron chi connectivity index (χ3n) is 1.67. The minimum Gasteiger partial charge on any atom is -0.382 e. The summed E-state index contributed by atoms with van der Waals surface area (Å²) < 4.78 is 14.7. The van der Waals surface area contributed by atoms with Gasteiger partial charge in [0.25, 0.3) is 0 Å². The molecule has 1 N–H and O–H groups in total. The summed E-state index contributed by atoms with van der Waals surface area (Å²) in [6.07, 6.45) is 0. The molecule has 0 spiro atoms. The molecule has 0 aromatic rings. The number of methoxy groups -OCH3 is 1. The number of nitrogens with one attached hydrogen (secondary N) is 1. The van der Waals surface area contributed by atoms with E-state index in [1.54, 1.807) is 7.11 Å². The number of ether oxygens (including phenoxy) is 3. The van der Waals surface area contributed by atoms with E-state index >= 15 is 0 Å². The number of carbonyl (C=O) groups is 1. The molecule has 1 saturated heterocycles. The maximum atomic E-state index is 11.1. The average molecular weight is 189 g/mol. The molecular formula is C8H15NO4. The summed E-state index contributed by atoms with van der Waals surface area (Å²) in [7, 11) is 1.59. The van der Waals surface area contributed by atoms with Crippen molar-refractivity contribution in [1.82, 2.24) is 5.32 Å². The maximum Gasteiger partial charge on any atom is 0.246 e. The molecule has 5 heteroatoms. The first-order chi connectivity index (χ1) is 6.33. The van der Waals surface area contributed by atoms with E-state index in [2.05, 4.69) is 5.32 Å². The SMILES string of the molecule is COCCOCC(=O)NC1COC1. The van der Waals surface area contributed by atoms with Crippen LogP contribution < -0.4 is 5.32 Å². The van der Waals surface area contributed by atoms with Crippen molar-refractivity contribution in [2.45, 2.75) is 6.04 Å². The van der Waals surface area contributed by atoms with Crippen molar-refractivity contribution in [2.24, 2.45) is 0 Å². The molecule has 1 rings (SSSR count). The highest BCUT2D eigenvalue weighted by molar-refractivity contribution is 5.77. The van der Waals surface area contributed by atoms with E-state index in [0.717, 1.165) is 0 Å². The highest BCUT2D eigenvalue weighted by Gasteiger charge is 2.19. The summed E-state index contributed by atoms with van der Waals surface area (Å²) in [6, 6.07) is 0.179. The van der Waals surface area contributed by atoms with Crippen LogP contribution in [-0.4, -0.2) is 52.1 Å². The lowest BCUT2D eigenvalue weighted by Crippen LogP contribution is -2.49. The van der Waals surface area contributed by atoms with Crippen LogP contribution in [0.2, 0.25) is 0 Å². The molecular weight excluding hydrogens is 174 g/mol. The number of carbonyl (C=O) groups excluding carboxylic acids is 1. The Bertz CT molecular complexity index is 158. The van der Waals surface area contributed by atoms with E-state index in [4.69, 9.17) is 14.2 Å². The van der Waals surface area contributed by atoms with Crippen molar-refractivity contribution in [2.75, 3.05) is 40.1 Å². The van der Waals surface area contributed by atoms with Crippen LogP contribution in [0.4, 0.5) is 0 Å². The molecule has 1 heterocycles. The minimum absolute atomic E-state index is 0.0931. The van der Waals surface area contributed by atoms with Gasteiger partial charge in [-0.15, -0.1) is 0 Å². The Morgan fingerprint density at radius 2 is 2.31 bits per heavy atom. The van der Waals surface area contributed by atoms with Crippen LogP contribution in [0.1, 0.15) is 0 Å². The van der Waals surface area contributed by atoms with Crippen molar-refractivity contribution >= 4 is 5.91 Å². The number of rotatable bonds is 6. The summed E-state index contributed by atoms with van der Waals surface area (Å²) >= 11 is 0. The molecule has 0 atom stereocenters. The van der Waals surface area contributed by atoms with Gasteiger partial charge in [-0.1, -0.05) is 0 Å². The third-order valence-corrected chi connectivity index (χ3v) is 1.67. The molecule has 1 fully saturated rings. The Morgan fingerprint density at radius 3 is 2.85 bits per heavy atom. The Kier molecular flexibility index (Phi) is 4.74. The molecule has 0 bridgehead atoms. The quantitative estimate of drug-likeness (QED) is 0.554. The molecule has 0 saturated carbocycles. The van der Waals surface area contributed by atoms with Crippen LogP contribution in [0.5, 0.6) is 0 Å². The fourth-order valence-electron chi connectivity index (χ4n) is 0.895. The second-order valence-corrected chi connectivity index (χ2v) is 2.85. The summed E-state index contributed by atoms with van der Waals surface area (Å²) in [5.74, 6) is -0.0931. The fraction of sp³-hybridized carbons (Fsp3) is 0.875. The number of hydrogen-bond acceptors (Lipinski definition) is 4. The van der Waals surface area contributed by atoms with E-state index in [1.165, 1.54) is 0 Å². The zero-order valence-electron chi connectivity index (χ0n) is 7.75. The van der Waals surface area contributed by atoms with E-state index in [0.29, 0.717) is 26.4 Å². The van der Waals surface area contributed by atoms with Gasteiger partial charge in [0.1, 0.15) is 6.61 Å². The smallest absolute Gasteiger partial charge is 0.246 e. The van der Waals surface area contributed by atoms with Crippen LogP contribution >= 0.6 is 0 Å².